The highest BCUT2D eigenvalue weighted by Gasteiger charge is 2.25. The molecule has 1 saturated carbocycles. The van der Waals surface area contributed by atoms with E-state index in [9.17, 15) is 4.79 Å². The second-order valence-electron chi connectivity index (χ2n) is 5.29. The molecule has 2 atom stereocenters. The Morgan fingerprint density at radius 3 is 2.70 bits per heavy atom. The first kappa shape index (κ1) is 16.4. The van der Waals surface area contributed by atoms with Crippen molar-refractivity contribution in [1.29, 1.82) is 0 Å². The van der Waals surface area contributed by atoms with Crippen LogP contribution in [-0.2, 0) is 0 Å². The van der Waals surface area contributed by atoms with Crippen molar-refractivity contribution in [3.63, 3.8) is 0 Å². The van der Waals surface area contributed by atoms with Crippen LogP contribution in [0.25, 0.3) is 0 Å². The van der Waals surface area contributed by atoms with E-state index in [1.54, 1.807) is 12.1 Å². The van der Waals surface area contributed by atoms with Gasteiger partial charge in [0, 0.05) is 21.0 Å². The number of carbonyl (C=O) groups excluding carboxylic acids is 1. The molecule has 0 saturated heterocycles. The molecule has 1 aliphatic rings. The fourth-order valence-corrected chi connectivity index (χ4v) is 3.91. The summed E-state index contributed by atoms with van der Waals surface area (Å²) >= 11 is 14.1. The van der Waals surface area contributed by atoms with Crippen molar-refractivity contribution in [3.8, 4) is 0 Å². The number of hydrogen-bond donors (Lipinski definition) is 1. The summed E-state index contributed by atoms with van der Waals surface area (Å²) in [7, 11) is 0. The first-order valence-electron chi connectivity index (χ1n) is 6.91. The van der Waals surface area contributed by atoms with Gasteiger partial charge in [-0.15, -0.1) is 11.6 Å². The maximum absolute atomic E-state index is 12.2. The van der Waals surface area contributed by atoms with Gasteiger partial charge >= 0.3 is 0 Å². The number of carbonyl (C=O) groups is 1. The molecule has 2 rings (SSSR count). The monoisotopic (exact) mass is 425 g/mol. The minimum absolute atomic E-state index is 0.0456. The smallest absolute Gasteiger partial charge is 0.252 e. The second-order valence-corrected chi connectivity index (χ2v) is 7.20. The Kier molecular flexibility index (Phi) is 6.43. The molecule has 0 radical (unpaired) electrons. The first-order valence-corrected chi connectivity index (χ1v) is 8.90. The Bertz CT molecular complexity index is 481. The lowest BCUT2D eigenvalue weighted by molar-refractivity contribution is 0.0936. The van der Waals surface area contributed by atoms with Crippen molar-refractivity contribution in [2.75, 3.05) is 12.4 Å². The summed E-state index contributed by atoms with van der Waals surface area (Å²) in [5, 5.41) is 3.63. The Morgan fingerprint density at radius 2 is 2.00 bits per heavy atom. The van der Waals surface area contributed by atoms with E-state index in [1.807, 2.05) is 6.07 Å². The van der Waals surface area contributed by atoms with Gasteiger partial charge in [0.25, 0.3) is 5.91 Å². The molecule has 0 aliphatic heterocycles. The highest BCUT2D eigenvalue weighted by atomic mass is 127. The molecular formula is C15H18Cl2INO. The minimum atomic E-state index is -0.0456. The number of hydrogen-bond acceptors (Lipinski definition) is 1. The van der Waals surface area contributed by atoms with Gasteiger partial charge in [0.05, 0.1) is 5.56 Å². The van der Waals surface area contributed by atoms with Crippen LogP contribution in [0, 0.1) is 15.4 Å². The van der Waals surface area contributed by atoms with Gasteiger partial charge in [-0.2, -0.15) is 0 Å². The van der Waals surface area contributed by atoms with E-state index in [0.717, 1.165) is 9.99 Å². The molecule has 1 aromatic carbocycles. The molecule has 20 heavy (non-hydrogen) atoms. The number of benzene rings is 1. The zero-order valence-electron chi connectivity index (χ0n) is 11.2. The summed E-state index contributed by atoms with van der Waals surface area (Å²) < 4.78 is 0.919. The third-order valence-electron chi connectivity index (χ3n) is 3.96. The van der Waals surface area contributed by atoms with Crippen LogP contribution in [0.1, 0.15) is 36.0 Å². The van der Waals surface area contributed by atoms with Crippen molar-refractivity contribution in [2.45, 2.75) is 25.7 Å². The number of alkyl halides is 1. The predicted molar refractivity (Wildman–Crippen MR) is 92.7 cm³/mol. The van der Waals surface area contributed by atoms with Gasteiger partial charge in [0.1, 0.15) is 0 Å². The molecule has 0 spiro atoms. The molecule has 5 heteroatoms. The highest BCUT2D eigenvalue weighted by Crippen LogP contribution is 2.30. The maximum atomic E-state index is 12.2. The van der Waals surface area contributed by atoms with Gasteiger partial charge < -0.3 is 5.32 Å². The zero-order valence-corrected chi connectivity index (χ0v) is 14.8. The third kappa shape index (κ3) is 4.25. The Labute approximate surface area is 143 Å². The van der Waals surface area contributed by atoms with Gasteiger partial charge in [-0.1, -0.05) is 24.4 Å². The van der Waals surface area contributed by atoms with Crippen LogP contribution >= 0.6 is 45.8 Å². The van der Waals surface area contributed by atoms with E-state index < -0.39 is 0 Å². The quantitative estimate of drug-likeness (QED) is 0.548. The van der Waals surface area contributed by atoms with E-state index in [-0.39, 0.29) is 5.91 Å². The van der Waals surface area contributed by atoms with E-state index in [2.05, 4.69) is 27.9 Å². The largest absolute Gasteiger partial charge is 0.352 e. The lowest BCUT2D eigenvalue weighted by atomic mass is 9.80. The topological polar surface area (TPSA) is 29.1 Å². The molecule has 1 aromatic rings. The summed E-state index contributed by atoms with van der Waals surface area (Å²) in [5.74, 6) is 1.68. The van der Waals surface area contributed by atoms with Crippen molar-refractivity contribution < 1.29 is 4.79 Å². The van der Waals surface area contributed by atoms with E-state index in [1.165, 1.54) is 19.3 Å². The molecule has 1 aliphatic carbocycles. The average molecular weight is 426 g/mol. The number of rotatable bonds is 4. The van der Waals surface area contributed by atoms with Crippen LogP contribution in [-0.4, -0.2) is 18.3 Å². The molecule has 110 valence electrons. The number of amides is 1. The summed E-state index contributed by atoms with van der Waals surface area (Å²) in [6.45, 7) is 0.707. The van der Waals surface area contributed by atoms with Gasteiger partial charge in [-0.25, -0.2) is 0 Å². The number of nitrogens with one attached hydrogen (secondary N) is 1. The average Bonchev–Trinajstić information content (AvgIpc) is 2.47. The molecule has 0 aromatic heterocycles. The van der Waals surface area contributed by atoms with Gasteiger partial charge in [-0.3, -0.25) is 4.79 Å². The highest BCUT2D eigenvalue weighted by molar-refractivity contribution is 14.1. The summed E-state index contributed by atoms with van der Waals surface area (Å²) in [6.07, 6.45) is 4.83. The van der Waals surface area contributed by atoms with Crippen molar-refractivity contribution in [2.24, 2.45) is 11.8 Å². The fraction of sp³-hybridized carbons (Fsp3) is 0.533. The third-order valence-corrected chi connectivity index (χ3v) is 5.53. The van der Waals surface area contributed by atoms with Crippen LogP contribution in [0.5, 0.6) is 0 Å². The van der Waals surface area contributed by atoms with Crippen LogP contribution in [0.2, 0.25) is 5.02 Å². The summed E-state index contributed by atoms with van der Waals surface area (Å²) in [6, 6.07) is 5.38. The van der Waals surface area contributed by atoms with Gasteiger partial charge in [-0.05, 0) is 65.5 Å². The molecule has 2 unspecified atom stereocenters. The van der Waals surface area contributed by atoms with E-state index in [0.29, 0.717) is 34.8 Å². The standard InChI is InChI=1S/C15H18Cl2INO/c16-8-10-3-1-2-4-11(10)9-19-15(20)13-7-12(17)5-6-14(13)18/h5-7,10-11H,1-4,8-9H2,(H,19,20). The van der Waals surface area contributed by atoms with E-state index in [4.69, 9.17) is 23.2 Å². The second kappa shape index (κ2) is 7.85. The van der Waals surface area contributed by atoms with Crippen LogP contribution in [0.3, 0.4) is 0 Å². The predicted octanol–water partition coefficient (Wildman–Crippen LogP) is 4.72. The Balaban J connectivity index is 1.96. The van der Waals surface area contributed by atoms with E-state index >= 15 is 0 Å². The molecule has 1 fully saturated rings. The summed E-state index contributed by atoms with van der Waals surface area (Å²) in [5.41, 5.74) is 0.649. The molecular weight excluding hydrogens is 408 g/mol. The molecule has 0 heterocycles. The molecule has 1 N–H and O–H groups in total. The van der Waals surface area contributed by atoms with Gasteiger partial charge in [0.15, 0.2) is 0 Å². The lowest BCUT2D eigenvalue weighted by Crippen LogP contribution is -2.35. The Hall–Kier alpha value is -0.000000000000000111. The van der Waals surface area contributed by atoms with Crippen molar-refractivity contribution >= 4 is 51.7 Å². The fourth-order valence-electron chi connectivity index (χ4n) is 2.75. The normalized spacial score (nSPS) is 22.6. The lowest BCUT2D eigenvalue weighted by Gasteiger charge is -2.30. The zero-order chi connectivity index (χ0) is 14.5. The first-order chi connectivity index (χ1) is 9.61. The van der Waals surface area contributed by atoms with Crippen molar-refractivity contribution in [3.05, 3.63) is 32.4 Å². The van der Waals surface area contributed by atoms with Gasteiger partial charge in [0.2, 0.25) is 0 Å². The molecule has 2 nitrogen and oxygen atoms in total. The minimum Gasteiger partial charge on any atom is -0.352 e. The van der Waals surface area contributed by atoms with Crippen LogP contribution in [0.4, 0.5) is 0 Å². The maximum Gasteiger partial charge on any atom is 0.252 e. The van der Waals surface area contributed by atoms with Crippen LogP contribution in [0.15, 0.2) is 18.2 Å². The molecule has 0 bridgehead atoms. The SMILES string of the molecule is O=C(NCC1CCCCC1CCl)c1cc(Cl)ccc1I. The van der Waals surface area contributed by atoms with Crippen LogP contribution < -0.4 is 5.32 Å². The number of halogens is 3. The summed E-state index contributed by atoms with van der Waals surface area (Å²) in [4.78, 5) is 12.2. The molecule has 1 amide bonds. The van der Waals surface area contributed by atoms with Crippen molar-refractivity contribution in [1.82, 2.24) is 5.32 Å². The Morgan fingerprint density at radius 1 is 1.30 bits per heavy atom.